The third-order valence-electron chi connectivity index (χ3n) is 14.1. The van der Waals surface area contributed by atoms with Gasteiger partial charge in [-0.2, -0.15) is 5.10 Å². The Morgan fingerprint density at radius 3 is 2.42 bits per heavy atom. The van der Waals surface area contributed by atoms with Crippen LogP contribution in [0.25, 0.3) is 21.3 Å². The van der Waals surface area contributed by atoms with Crippen molar-refractivity contribution >= 4 is 50.1 Å². The molecule has 1 aromatic carbocycles. The summed E-state index contributed by atoms with van der Waals surface area (Å²) >= 11 is 1.59. The lowest BCUT2D eigenvalue weighted by Gasteiger charge is -2.61. The van der Waals surface area contributed by atoms with E-state index in [0.29, 0.717) is 29.6 Å². The Hall–Kier alpha value is -4.46. The van der Waals surface area contributed by atoms with Gasteiger partial charge >= 0.3 is 5.97 Å². The molecule has 0 radical (unpaired) electrons. The second kappa shape index (κ2) is 14.9. The fraction of sp³-hybridized carbons (Fsp3) is 0.574. The van der Waals surface area contributed by atoms with Gasteiger partial charge in [-0.3, -0.25) is 4.68 Å². The number of thiazole rings is 1. The summed E-state index contributed by atoms with van der Waals surface area (Å²) in [7, 11) is 2.40. The maximum atomic E-state index is 13.0. The van der Waals surface area contributed by atoms with E-state index in [1.165, 1.54) is 31.5 Å². The van der Waals surface area contributed by atoms with Gasteiger partial charge in [-0.1, -0.05) is 45.1 Å². The number of carboxylic acid groups (broad SMARTS) is 1. The smallest absolute Gasteiger partial charge is 0.355 e. The summed E-state index contributed by atoms with van der Waals surface area (Å²) in [5.74, 6) is 0.857. The fourth-order valence-electron chi connectivity index (χ4n) is 12.4. The summed E-state index contributed by atoms with van der Waals surface area (Å²) in [6.45, 7) is 21.7. The second-order valence-corrected chi connectivity index (χ2v) is 21.8. The van der Waals surface area contributed by atoms with Crippen LogP contribution in [-0.4, -0.2) is 90.9 Å². The number of likely N-dealkylation sites (tertiary alicyclic amines) is 1. The van der Waals surface area contributed by atoms with Crippen molar-refractivity contribution in [3.05, 3.63) is 64.6 Å². The Morgan fingerprint density at radius 1 is 0.933 bits per heavy atom. The van der Waals surface area contributed by atoms with E-state index in [9.17, 15) is 9.90 Å². The number of quaternary nitrogens is 1. The zero-order valence-electron chi connectivity index (χ0n) is 36.8. The summed E-state index contributed by atoms with van der Waals surface area (Å²) in [5, 5.41) is 29.1. The molecule has 60 heavy (non-hydrogen) atoms. The topological polar surface area (TPSA) is 131 Å². The van der Waals surface area contributed by atoms with Crippen LogP contribution >= 0.6 is 11.3 Å². The number of carboxylic acids is 1. The lowest BCUT2D eigenvalue weighted by molar-refractivity contribution is -0.898. The lowest BCUT2D eigenvalue weighted by Crippen LogP contribution is -2.58. The van der Waals surface area contributed by atoms with Crippen LogP contribution < -0.4 is 10.2 Å². The molecule has 1 saturated heterocycles. The van der Waals surface area contributed by atoms with E-state index in [1.54, 1.807) is 11.3 Å². The minimum Gasteiger partial charge on any atom is -0.476 e. The van der Waals surface area contributed by atoms with Crippen LogP contribution in [0.2, 0.25) is 0 Å². The standard InChI is InChI=1S/C47H61N9O3S/c1-30-13-15-37-36(22-30)49-43(60-37)51-40-31(2)33-12-11-17-54(41(33)53-52-40)38-16-14-34(39(50-38)42(57)58)35-23-48-55(32(35)3)29-46-24-44(4,5)26-47(28-46,27-45(6,7)25-46)59-21-20-56(8)18-9-10-19-56/h13-16,22-23H,9-12,17-21,24-29H2,1-8H3,(H-,49,51,52,57,58)/p+1. The van der Waals surface area contributed by atoms with E-state index in [4.69, 9.17) is 24.9 Å². The van der Waals surface area contributed by atoms with E-state index < -0.39 is 5.97 Å². The average molecular weight is 833 g/mol. The van der Waals surface area contributed by atoms with Crippen LogP contribution in [0.4, 0.5) is 22.6 Å². The van der Waals surface area contributed by atoms with Crippen molar-refractivity contribution in [2.24, 2.45) is 16.2 Å². The van der Waals surface area contributed by atoms with Gasteiger partial charge < -0.3 is 24.5 Å². The van der Waals surface area contributed by atoms with Crippen molar-refractivity contribution in [2.45, 2.75) is 118 Å². The molecule has 5 aromatic rings. The highest BCUT2D eigenvalue weighted by molar-refractivity contribution is 7.22. The average Bonchev–Trinajstić information content (AvgIpc) is 3.88. The maximum absolute atomic E-state index is 13.0. The number of nitrogens with one attached hydrogen (secondary N) is 1. The zero-order valence-corrected chi connectivity index (χ0v) is 37.6. The van der Waals surface area contributed by atoms with Crippen LogP contribution in [0.1, 0.15) is 112 Å². The SMILES string of the molecule is Cc1ccc2sc(Nc3nnc4c(c3C)CCCN4c3ccc(-c4cnn(CC56CC(C)(C)CC(OCC[N+]7(C)CCCC7)(CC(C)(C)C5)C6)c4C)c(C(=O)O)n3)nc2c1. The molecule has 9 rings (SSSR count). The maximum Gasteiger partial charge on any atom is 0.355 e. The molecular weight excluding hydrogens is 771 g/mol. The molecule has 0 unspecified atom stereocenters. The van der Waals surface area contributed by atoms with E-state index >= 15 is 0 Å². The number of aromatic nitrogens is 6. The summed E-state index contributed by atoms with van der Waals surface area (Å²) in [5.41, 5.74) is 6.64. The van der Waals surface area contributed by atoms with Crippen molar-refractivity contribution < 1.29 is 19.1 Å². The predicted octanol–water partition coefficient (Wildman–Crippen LogP) is 9.81. The molecule has 2 N–H and O–H groups in total. The first-order valence-electron chi connectivity index (χ1n) is 22.0. The number of rotatable bonds is 11. The number of pyridine rings is 1. The number of carbonyl (C=O) groups is 1. The highest BCUT2D eigenvalue weighted by atomic mass is 32.1. The molecule has 6 heterocycles. The summed E-state index contributed by atoms with van der Waals surface area (Å²) in [6, 6.07) is 10.1. The number of likely N-dealkylation sites (N-methyl/N-ethyl adjacent to an activating group) is 1. The van der Waals surface area contributed by atoms with Gasteiger partial charge in [0.1, 0.15) is 12.4 Å². The van der Waals surface area contributed by atoms with E-state index in [-0.39, 0.29) is 27.5 Å². The number of aryl methyl sites for hydroxylation is 1. The van der Waals surface area contributed by atoms with Gasteiger partial charge in [0.05, 0.1) is 48.8 Å². The minimum absolute atomic E-state index is 0.00508. The molecule has 4 aliphatic rings. The third kappa shape index (κ3) is 7.81. The normalized spacial score (nSPS) is 24.1. The number of benzene rings is 1. The van der Waals surface area contributed by atoms with Crippen LogP contribution in [0, 0.1) is 37.0 Å². The highest BCUT2D eigenvalue weighted by Crippen LogP contribution is 2.63. The van der Waals surface area contributed by atoms with Crippen LogP contribution in [0.5, 0.6) is 0 Å². The van der Waals surface area contributed by atoms with E-state index in [1.807, 2.05) is 23.2 Å². The lowest BCUT2D eigenvalue weighted by atomic mass is 9.48. The molecule has 2 saturated carbocycles. The predicted molar refractivity (Wildman–Crippen MR) is 239 cm³/mol. The Kier molecular flexibility index (Phi) is 10.1. The summed E-state index contributed by atoms with van der Waals surface area (Å²) < 4.78 is 11.5. The number of hydrogen-bond donors (Lipinski definition) is 2. The Bertz CT molecular complexity index is 2440. The molecule has 2 aliphatic heterocycles. The number of hydrogen-bond acceptors (Lipinski definition) is 10. The van der Waals surface area contributed by atoms with Crippen molar-refractivity contribution in [2.75, 3.05) is 50.1 Å². The quantitative estimate of drug-likeness (QED) is 0.124. The van der Waals surface area contributed by atoms with Gasteiger partial charge in [-0.15, -0.1) is 10.2 Å². The number of nitrogens with zero attached hydrogens (tertiary/aromatic N) is 8. The van der Waals surface area contributed by atoms with Crippen molar-refractivity contribution in [1.29, 1.82) is 0 Å². The minimum atomic E-state index is -1.07. The van der Waals surface area contributed by atoms with Crippen LogP contribution in [0.3, 0.4) is 0 Å². The first-order valence-corrected chi connectivity index (χ1v) is 22.8. The number of anilines is 4. The molecule has 2 aliphatic carbocycles. The molecule has 13 heteroatoms. The van der Waals surface area contributed by atoms with Crippen molar-refractivity contribution in [1.82, 2.24) is 29.9 Å². The van der Waals surface area contributed by atoms with Crippen LogP contribution in [-0.2, 0) is 17.7 Å². The van der Waals surface area contributed by atoms with E-state index in [0.717, 1.165) is 107 Å². The Balaban J connectivity index is 0.972. The van der Waals surface area contributed by atoms with Crippen molar-refractivity contribution in [3.8, 4) is 11.1 Å². The number of fused-ring (bicyclic) bond motifs is 4. The first kappa shape index (κ1) is 40.9. The molecule has 0 spiro atoms. The molecule has 2 bridgehead atoms. The van der Waals surface area contributed by atoms with Crippen LogP contribution in [0.15, 0.2) is 36.5 Å². The van der Waals surface area contributed by atoms with Gasteiger partial charge in [0.15, 0.2) is 22.5 Å². The molecule has 0 atom stereocenters. The number of aromatic carboxylic acids is 1. The van der Waals surface area contributed by atoms with Gasteiger partial charge in [0.2, 0.25) is 0 Å². The Morgan fingerprint density at radius 2 is 1.68 bits per heavy atom. The first-order chi connectivity index (χ1) is 28.4. The van der Waals surface area contributed by atoms with Gasteiger partial charge in [-0.05, 0) is 112 Å². The highest BCUT2D eigenvalue weighted by Gasteiger charge is 2.59. The van der Waals surface area contributed by atoms with Gasteiger partial charge in [0.25, 0.3) is 0 Å². The van der Waals surface area contributed by atoms with Crippen molar-refractivity contribution in [3.63, 3.8) is 0 Å². The van der Waals surface area contributed by atoms with Gasteiger partial charge in [0, 0.05) is 53.9 Å². The molecular formula is C47H62N9O3S+. The number of ether oxygens (including phenoxy) is 1. The zero-order chi connectivity index (χ0) is 42.2. The molecule has 12 nitrogen and oxygen atoms in total. The fourth-order valence-corrected chi connectivity index (χ4v) is 13.2. The molecule has 0 amide bonds. The van der Waals surface area contributed by atoms with E-state index in [2.05, 4.69) is 88.8 Å². The molecule has 318 valence electrons. The summed E-state index contributed by atoms with van der Waals surface area (Å²) in [4.78, 5) is 24.6. The molecule has 4 aromatic heterocycles. The second-order valence-electron chi connectivity index (χ2n) is 20.8. The summed E-state index contributed by atoms with van der Waals surface area (Å²) in [6.07, 6.45) is 11.6. The largest absolute Gasteiger partial charge is 0.476 e. The Labute approximate surface area is 358 Å². The monoisotopic (exact) mass is 832 g/mol. The molecule has 3 fully saturated rings. The van der Waals surface area contributed by atoms with Gasteiger partial charge in [-0.25, -0.2) is 14.8 Å². The third-order valence-corrected chi connectivity index (χ3v) is 15.0.